The predicted molar refractivity (Wildman–Crippen MR) is 38.2 cm³/mol. The Kier molecular flexibility index (Phi) is 17.2. The summed E-state index contributed by atoms with van der Waals surface area (Å²) in [5.74, 6) is 0. The van der Waals surface area contributed by atoms with Crippen LogP contribution in [-0.4, -0.2) is 46.4 Å². The molecular weight excluding hydrogens is 285 g/mol. The van der Waals surface area contributed by atoms with Crippen molar-refractivity contribution in [2.45, 2.75) is 24.2 Å². The first-order valence-electron chi connectivity index (χ1n) is 2.21. The fraction of sp³-hybridized carbons (Fsp3) is 1.00. The van der Waals surface area contributed by atoms with Crippen molar-refractivity contribution in [3.63, 3.8) is 0 Å². The zero-order valence-electron chi connectivity index (χ0n) is 4.83. The van der Waals surface area contributed by atoms with Crippen LogP contribution in [0.3, 0.4) is 0 Å². The van der Waals surface area contributed by atoms with Gasteiger partial charge in [0.2, 0.25) is 0 Å². The van der Waals surface area contributed by atoms with E-state index >= 15 is 0 Å². The van der Waals surface area contributed by atoms with Gasteiger partial charge in [-0.2, -0.15) is 0 Å². The normalized spacial score (nSPS) is 7.00. The number of unbranched alkanes of at least 4 members (excludes halogenated alkanes) is 1. The zero-order valence-corrected chi connectivity index (χ0v) is 14.6. The SMILES string of the molecule is CCC[CH2][SnH2].[SnH3]. The first-order valence-corrected chi connectivity index (χ1v) is 5.06. The molecule has 6 heavy (non-hydrogen) atoms. The first-order chi connectivity index (χ1) is 2.41. The molecule has 0 saturated heterocycles. The van der Waals surface area contributed by atoms with Gasteiger partial charge in [-0.25, -0.2) is 0 Å². The molecule has 0 N–H and O–H groups in total. The van der Waals surface area contributed by atoms with Crippen molar-refractivity contribution in [2.75, 3.05) is 0 Å². The van der Waals surface area contributed by atoms with Crippen LogP contribution in [0.1, 0.15) is 19.8 Å². The Balaban J connectivity index is 0. The number of hydrogen-bond donors (Lipinski definition) is 0. The molecule has 0 bridgehead atoms. The summed E-state index contributed by atoms with van der Waals surface area (Å²) in [5.41, 5.74) is 0. The fourth-order valence-electron chi connectivity index (χ4n) is 0.250. The molecule has 0 aromatic rings. The van der Waals surface area contributed by atoms with Gasteiger partial charge in [0.05, 0.1) is 0 Å². The topological polar surface area (TPSA) is 0 Å². The van der Waals surface area contributed by atoms with Gasteiger partial charge in [-0.1, -0.05) is 0 Å². The molecule has 0 aromatic carbocycles. The summed E-state index contributed by atoms with van der Waals surface area (Å²) in [4.78, 5) is 0. The molecule has 0 aromatic heterocycles. The maximum atomic E-state index is 2.24. The third kappa shape index (κ3) is 9.14. The molecule has 0 aliphatic carbocycles. The average molecular weight is 300 g/mol. The second kappa shape index (κ2) is 9.78. The second-order valence-corrected chi connectivity index (χ2v) is 3.23. The molecule has 0 amide bonds. The Bertz CT molecular complexity index is 13.0. The Morgan fingerprint density at radius 1 is 1.50 bits per heavy atom. The Morgan fingerprint density at radius 2 is 2.00 bits per heavy atom. The van der Waals surface area contributed by atoms with Gasteiger partial charge in [0, 0.05) is 0 Å². The summed E-state index contributed by atoms with van der Waals surface area (Å²) in [7, 11) is 0. The van der Waals surface area contributed by atoms with E-state index in [0.29, 0.717) is 0 Å². The van der Waals surface area contributed by atoms with Gasteiger partial charge in [-0.3, -0.25) is 0 Å². The minimum absolute atomic E-state index is 0. The molecule has 0 unspecified atom stereocenters. The summed E-state index contributed by atoms with van der Waals surface area (Å²) in [6, 6.07) is 0. The third-order valence-electron chi connectivity index (χ3n) is 0.604. The third-order valence-corrected chi connectivity index (χ3v) is 2.03. The summed E-state index contributed by atoms with van der Waals surface area (Å²) in [6.07, 6.45) is 2.85. The molecule has 0 aliphatic rings. The van der Waals surface area contributed by atoms with Crippen molar-refractivity contribution in [3.05, 3.63) is 0 Å². The predicted octanol–water partition coefficient (Wildman–Crippen LogP) is -0.346. The van der Waals surface area contributed by atoms with Gasteiger partial charge in [0.25, 0.3) is 0 Å². The number of rotatable bonds is 2. The van der Waals surface area contributed by atoms with E-state index in [1.807, 2.05) is 0 Å². The molecule has 0 rings (SSSR count). The van der Waals surface area contributed by atoms with E-state index < -0.39 is 0 Å². The van der Waals surface area contributed by atoms with Gasteiger partial charge < -0.3 is 0 Å². The minimum atomic E-state index is 0. The van der Waals surface area contributed by atoms with Crippen molar-refractivity contribution in [2.24, 2.45) is 0 Å². The number of hydrogen-bond acceptors (Lipinski definition) is 0. The summed E-state index contributed by atoms with van der Waals surface area (Å²) < 4.78 is 1.51. The molecule has 0 saturated carbocycles. The fourth-order valence-corrected chi connectivity index (χ4v) is 1.68. The Labute approximate surface area is 70.1 Å². The molecule has 0 nitrogen and oxygen atoms in total. The summed E-state index contributed by atoms with van der Waals surface area (Å²) in [6.45, 7) is 2.24. The van der Waals surface area contributed by atoms with Crippen LogP contribution in [0.5, 0.6) is 0 Å². The quantitative estimate of drug-likeness (QED) is 0.612. The van der Waals surface area contributed by atoms with Crippen molar-refractivity contribution >= 4 is 46.4 Å². The van der Waals surface area contributed by atoms with Crippen molar-refractivity contribution < 1.29 is 0 Å². The summed E-state index contributed by atoms with van der Waals surface area (Å²) in [5, 5.41) is 0. The molecule has 0 aliphatic heterocycles. The molecule has 38 valence electrons. The molecule has 0 fully saturated rings. The Hall–Kier alpha value is 1.60. The van der Waals surface area contributed by atoms with Crippen LogP contribution >= 0.6 is 0 Å². The van der Waals surface area contributed by atoms with Gasteiger partial charge in [0.1, 0.15) is 0 Å². The van der Waals surface area contributed by atoms with Crippen LogP contribution in [0.2, 0.25) is 4.44 Å². The van der Waals surface area contributed by atoms with Gasteiger partial charge >= 0.3 is 70.6 Å². The summed E-state index contributed by atoms with van der Waals surface area (Å²) >= 11 is 1.22. The van der Waals surface area contributed by atoms with Gasteiger partial charge in [-0.15, -0.1) is 0 Å². The monoisotopic (exact) mass is 302 g/mol. The second-order valence-electron chi connectivity index (χ2n) is 1.21. The van der Waals surface area contributed by atoms with Crippen LogP contribution in [0.15, 0.2) is 0 Å². The van der Waals surface area contributed by atoms with Gasteiger partial charge in [0.15, 0.2) is 0 Å². The van der Waals surface area contributed by atoms with Crippen LogP contribution in [-0.2, 0) is 0 Å². The molecular formula is C4H14Sn2. The van der Waals surface area contributed by atoms with E-state index in [1.165, 1.54) is 39.8 Å². The van der Waals surface area contributed by atoms with E-state index in [-0.39, 0.29) is 23.9 Å². The van der Waals surface area contributed by atoms with Crippen molar-refractivity contribution in [1.29, 1.82) is 0 Å². The molecule has 0 heterocycles. The first kappa shape index (κ1) is 10.6. The van der Waals surface area contributed by atoms with Gasteiger partial charge in [-0.05, 0) is 0 Å². The molecule has 2 heteroatoms. The van der Waals surface area contributed by atoms with E-state index in [2.05, 4.69) is 6.92 Å². The molecule has 2 radical (unpaired) electrons. The standard InChI is InChI=1S/C4H9.2Sn.5H/c1-3-4-2;;;;;;;/h1,3-4H2,2H3;;;;;;;. The van der Waals surface area contributed by atoms with E-state index in [9.17, 15) is 0 Å². The Morgan fingerprint density at radius 3 is 2.00 bits per heavy atom. The van der Waals surface area contributed by atoms with E-state index in [1.54, 1.807) is 0 Å². The molecule has 0 spiro atoms. The van der Waals surface area contributed by atoms with E-state index in [4.69, 9.17) is 0 Å². The van der Waals surface area contributed by atoms with Crippen molar-refractivity contribution in [1.82, 2.24) is 0 Å². The average Bonchev–Trinajstić information content (AvgIpc) is 1.41. The maximum absolute atomic E-state index is 2.24. The van der Waals surface area contributed by atoms with Crippen LogP contribution in [0.25, 0.3) is 0 Å². The van der Waals surface area contributed by atoms with Crippen LogP contribution < -0.4 is 0 Å². The van der Waals surface area contributed by atoms with Crippen molar-refractivity contribution in [3.8, 4) is 0 Å². The molecule has 0 atom stereocenters. The van der Waals surface area contributed by atoms with E-state index in [0.717, 1.165) is 0 Å². The zero-order chi connectivity index (χ0) is 4.12. The van der Waals surface area contributed by atoms with Crippen LogP contribution in [0, 0.1) is 0 Å². The van der Waals surface area contributed by atoms with Crippen LogP contribution in [0.4, 0.5) is 0 Å².